The van der Waals surface area contributed by atoms with E-state index in [4.69, 9.17) is 9.31 Å². The molecule has 0 radical (unpaired) electrons. The smallest absolute Gasteiger partial charge is 0.399 e. The topological polar surface area (TPSA) is 18.5 Å². The average Bonchev–Trinajstić information content (AvgIpc) is 2.45. The van der Waals surface area contributed by atoms with Gasteiger partial charge in [0.25, 0.3) is 0 Å². The number of halogens is 4. The normalized spacial score (nSPS) is 20.9. The van der Waals surface area contributed by atoms with Crippen molar-refractivity contribution >= 4 is 12.6 Å². The fourth-order valence-electron chi connectivity index (χ4n) is 2.14. The molecule has 21 heavy (non-hydrogen) atoms. The third-order valence-electron chi connectivity index (χ3n) is 4.00. The van der Waals surface area contributed by atoms with Crippen molar-refractivity contribution in [2.24, 2.45) is 0 Å². The highest BCUT2D eigenvalue weighted by Gasteiger charge is 2.52. The Kier molecular flexibility index (Phi) is 3.87. The van der Waals surface area contributed by atoms with E-state index in [-0.39, 0.29) is 11.0 Å². The maximum Gasteiger partial charge on any atom is 0.495 e. The number of hydrogen-bond donors (Lipinski definition) is 0. The van der Waals surface area contributed by atoms with Crippen LogP contribution in [-0.4, -0.2) is 24.5 Å². The van der Waals surface area contributed by atoms with Gasteiger partial charge < -0.3 is 9.31 Å². The second kappa shape index (κ2) is 4.99. The van der Waals surface area contributed by atoms with E-state index in [0.29, 0.717) is 0 Å². The lowest BCUT2D eigenvalue weighted by molar-refractivity contribution is -0.127. The molecule has 2 rings (SSSR count). The molecule has 0 aliphatic carbocycles. The van der Waals surface area contributed by atoms with Crippen molar-refractivity contribution in [2.75, 3.05) is 0 Å². The molecule has 1 aliphatic heterocycles. The van der Waals surface area contributed by atoms with Gasteiger partial charge >= 0.3 is 13.3 Å². The fraction of sp³-hybridized carbons (Fsp3) is 0.571. The van der Waals surface area contributed by atoms with Crippen molar-refractivity contribution in [1.29, 1.82) is 0 Å². The lowest BCUT2D eigenvalue weighted by atomic mass is 9.75. The van der Waals surface area contributed by atoms with Crippen LogP contribution in [0.15, 0.2) is 18.2 Å². The van der Waals surface area contributed by atoms with Gasteiger partial charge in [0.05, 0.1) is 17.6 Å². The summed E-state index contributed by atoms with van der Waals surface area (Å²) in [6, 6.07) is 3.28. The first-order chi connectivity index (χ1) is 9.41. The molecule has 0 aromatic heterocycles. The van der Waals surface area contributed by atoms with Crippen molar-refractivity contribution in [3.05, 3.63) is 29.6 Å². The first-order valence-electron chi connectivity index (χ1n) is 6.62. The van der Waals surface area contributed by atoms with E-state index in [2.05, 4.69) is 0 Å². The Labute approximate surface area is 121 Å². The number of rotatable bonds is 2. The van der Waals surface area contributed by atoms with Crippen LogP contribution < -0.4 is 5.46 Å². The van der Waals surface area contributed by atoms with Crippen LogP contribution in [-0.2, 0) is 15.7 Å². The van der Waals surface area contributed by atoms with Crippen molar-refractivity contribution in [2.45, 2.75) is 51.5 Å². The Hall–Kier alpha value is -1.08. The molecule has 1 fully saturated rings. The molecule has 0 bridgehead atoms. The molecule has 2 nitrogen and oxygen atoms in total. The summed E-state index contributed by atoms with van der Waals surface area (Å²) in [5.74, 6) is -0.713. The van der Waals surface area contributed by atoms with Crippen LogP contribution in [0.25, 0.3) is 0 Å². The Morgan fingerprint density at radius 2 is 1.57 bits per heavy atom. The van der Waals surface area contributed by atoms with Crippen LogP contribution in [0.2, 0.25) is 0 Å². The Balaban J connectivity index is 2.37. The zero-order valence-corrected chi connectivity index (χ0v) is 12.3. The number of alkyl halides is 3. The minimum atomic E-state index is -4.42. The molecule has 1 aromatic rings. The predicted molar refractivity (Wildman–Crippen MR) is 71.9 cm³/mol. The van der Waals surface area contributed by atoms with Crippen LogP contribution in [0.1, 0.15) is 33.3 Å². The van der Waals surface area contributed by atoms with Crippen molar-refractivity contribution in [3.63, 3.8) is 0 Å². The molecular weight excluding hydrogens is 287 g/mol. The second-order valence-electron chi connectivity index (χ2n) is 6.22. The summed E-state index contributed by atoms with van der Waals surface area (Å²) in [5.41, 5.74) is -1.28. The molecule has 1 heterocycles. The highest BCUT2D eigenvalue weighted by molar-refractivity contribution is 6.62. The third kappa shape index (κ3) is 3.40. The highest BCUT2D eigenvalue weighted by Crippen LogP contribution is 2.37. The molecule has 0 unspecified atom stereocenters. The summed E-state index contributed by atoms with van der Waals surface area (Å²) < 4.78 is 62.7. The van der Waals surface area contributed by atoms with Gasteiger partial charge in [-0.05, 0) is 50.9 Å². The van der Waals surface area contributed by atoms with Gasteiger partial charge in [-0.2, -0.15) is 13.2 Å². The molecule has 0 N–H and O–H groups in total. The number of benzene rings is 1. The van der Waals surface area contributed by atoms with Gasteiger partial charge in [-0.3, -0.25) is 0 Å². The predicted octanol–water partition coefficient (Wildman–Crippen LogP) is 3.23. The van der Waals surface area contributed by atoms with E-state index in [0.717, 1.165) is 12.1 Å². The summed E-state index contributed by atoms with van der Waals surface area (Å²) in [6.45, 7) is 7.22. The zero-order chi connectivity index (χ0) is 16.1. The minimum Gasteiger partial charge on any atom is -0.399 e. The maximum absolute atomic E-state index is 13.3. The average molecular weight is 304 g/mol. The van der Waals surface area contributed by atoms with Crippen LogP contribution in [0, 0.1) is 5.82 Å². The lowest BCUT2D eigenvalue weighted by Gasteiger charge is -2.32. The van der Waals surface area contributed by atoms with Gasteiger partial charge in [-0.15, -0.1) is 0 Å². The van der Waals surface area contributed by atoms with E-state index in [1.165, 1.54) is 6.07 Å². The molecule has 0 spiro atoms. The first-order valence-corrected chi connectivity index (χ1v) is 6.62. The molecule has 0 saturated carbocycles. The quantitative estimate of drug-likeness (QED) is 0.617. The third-order valence-corrected chi connectivity index (χ3v) is 4.00. The second-order valence-corrected chi connectivity index (χ2v) is 6.22. The van der Waals surface area contributed by atoms with E-state index in [1.54, 1.807) is 27.7 Å². The molecule has 1 aliphatic rings. The summed E-state index contributed by atoms with van der Waals surface area (Å²) in [7, 11) is -0.937. The van der Waals surface area contributed by atoms with Crippen LogP contribution in [0.3, 0.4) is 0 Å². The maximum atomic E-state index is 13.3. The Morgan fingerprint density at radius 1 is 1.05 bits per heavy atom. The molecule has 7 heteroatoms. The SMILES string of the molecule is CC1(C)OB(c2ccc(F)cc2CC(F)(F)F)OC1(C)C. The Morgan fingerprint density at radius 3 is 2.05 bits per heavy atom. The molecule has 0 atom stereocenters. The van der Waals surface area contributed by atoms with Crippen LogP contribution in [0.5, 0.6) is 0 Å². The summed E-state index contributed by atoms with van der Waals surface area (Å²) in [6.07, 6.45) is -5.64. The monoisotopic (exact) mass is 304 g/mol. The van der Waals surface area contributed by atoms with Gasteiger partial charge in [0.2, 0.25) is 0 Å². The van der Waals surface area contributed by atoms with E-state index in [9.17, 15) is 17.6 Å². The molecular formula is C14H17BF4O2. The van der Waals surface area contributed by atoms with E-state index in [1.807, 2.05) is 0 Å². The number of hydrogen-bond acceptors (Lipinski definition) is 2. The first kappa shape index (κ1) is 16.3. The summed E-state index contributed by atoms with van der Waals surface area (Å²) in [4.78, 5) is 0. The molecule has 116 valence electrons. The van der Waals surface area contributed by atoms with Gasteiger partial charge in [0.1, 0.15) is 5.82 Å². The summed E-state index contributed by atoms with van der Waals surface area (Å²) >= 11 is 0. The standard InChI is InChI=1S/C14H17BF4O2/c1-12(2)13(3,4)21-15(20-12)11-6-5-10(16)7-9(11)8-14(17,18)19/h5-7H,8H2,1-4H3. The zero-order valence-electron chi connectivity index (χ0n) is 12.3. The molecule has 1 aromatic carbocycles. The van der Waals surface area contributed by atoms with Crippen LogP contribution >= 0.6 is 0 Å². The van der Waals surface area contributed by atoms with Gasteiger partial charge in [-0.25, -0.2) is 4.39 Å². The highest BCUT2D eigenvalue weighted by atomic mass is 19.4. The minimum absolute atomic E-state index is 0.166. The molecule has 1 saturated heterocycles. The summed E-state index contributed by atoms with van der Waals surface area (Å²) in [5, 5.41) is 0. The van der Waals surface area contributed by atoms with Gasteiger partial charge in [-0.1, -0.05) is 6.07 Å². The van der Waals surface area contributed by atoms with Crippen molar-refractivity contribution < 1.29 is 26.9 Å². The lowest BCUT2D eigenvalue weighted by Crippen LogP contribution is -2.41. The Bertz CT molecular complexity index is 524. The van der Waals surface area contributed by atoms with Crippen molar-refractivity contribution in [3.8, 4) is 0 Å². The van der Waals surface area contributed by atoms with Crippen molar-refractivity contribution in [1.82, 2.24) is 0 Å². The largest absolute Gasteiger partial charge is 0.495 e. The molecule has 0 amide bonds. The fourth-order valence-corrected chi connectivity index (χ4v) is 2.14. The van der Waals surface area contributed by atoms with E-state index >= 15 is 0 Å². The van der Waals surface area contributed by atoms with Gasteiger partial charge in [0, 0.05) is 0 Å². The van der Waals surface area contributed by atoms with E-state index < -0.39 is 36.7 Å². The van der Waals surface area contributed by atoms with Gasteiger partial charge in [0.15, 0.2) is 0 Å². The van der Waals surface area contributed by atoms with Crippen LogP contribution in [0.4, 0.5) is 17.6 Å².